The van der Waals surface area contributed by atoms with E-state index in [-0.39, 0.29) is 22.9 Å². The van der Waals surface area contributed by atoms with Crippen molar-refractivity contribution >= 4 is 11.3 Å². The fraction of sp³-hybridized carbons (Fsp3) is 0.333. The summed E-state index contributed by atoms with van der Waals surface area (Å²) in [5.74, 6) is -0.192. The molecule has 0 spiro atoms. The molecule has 0 aromatic carbocycles. The summed E-state index contributed by atoms with van der Waals surface area (Å²) in [6.45, 7) is 5.26. The lowest BCUT2D eigenvalue weighted by molar-refractivity contribution is 0.101. The zero-order chi connectivity index (χ0) is 11.9. The van der Waals surface area contributed by atoms with Crippen molar-refractivity contribution in [2.45, 2.75) is 26.8 Å². The number of carbonyl (C=O) groups is 1. The van der Waals surface area contributed by atoms with Crippen LogP contribution in [0.15, 0.2) is 29.2 Å². The number of hydrogen-bond donors (Lipinski definition) is 0. The van der Waals surface area contributed by atoms with E-state index in [9.17, 15) is 9.59 Å². The molecule has 0 aliphatic heterocycles. The van der Waals surface area contributed by atoms with Gasteiger partial charge in [0.05, 0.1) is 11.1 Å². The minimum absolute atomic E-state index is 0.0155. The average Bonchev–Trinajstić information content (AvgIpc) is 2.62. The summed E-state index contributed by atoms with van der Waals surface area (Å²) in [4.78, 5) is 23.5. The highest BCUT2D eigenvalue weighted by atomic mass is 16.1. The van der Waals surface area contributed by atoms with Crippen LogP contribution in [-0.2, 0) is 0 Å². The molecule has 0 saturated carbocycles. The van der Waals surface area contributed by atoms with Gasteiger partial charge in [0.2, 0.25) is 0 Å². The van der Waals surface area contributed by atoms with Gasteiger partial charge < -0.3 is 0 Å². The number of hydrogen-bond acceptors (Lipinski definition) is 2. The summed E-state index contributed by atoms with van der Waals surface area (Å²) in [6, 6.07) is 5.40. The Morgan fingerprint density at radius 1 is 1.38 bits per heavy atom. The highest BCUT2D eigenvalue weighted by Crippen LogP contribution is 2.09. The summed E-state index contributed by atoms with van der Waals surface area (Å²) in [5.41, 5.74) is 0.879. The molecule has 0 aliphatic rings. The summed E-state index contributed by atoms with van der Waals surface area (Å²) < 4.78 is 3.37. The Kier molecular flexibility index (Phi) is 2.42. The maximum atomic E-state index is 12.1. The van der Waals surface area contributed by atoms with Crippen molar-refractivity contribution in [2.24, 2.45) is 0 Å². The van der Waals surface area contributed by atoms with Gasteiger partial charge in [-0.25, -0.2) is 4.68 Å². The van der Waals surface area contributed by atoms with Crippen LogP contribution in [0.25, 0.3) is 5.52 Å². The fourth-order valence-corrected chi connectivity index (χ4v) is 1.86. The summed E-state index contributed by atoms with van der Waals surface area (Å²) in [6.07, 6.45) is 1.82. The quantitative estimate of drug-likeness (QED) is 0.722. The molecule has 0 atom stereocenters. The van der Waals surface area contributed by atoms with E-state index in [1.165, 1.54) is 6.92 Å². The third-order valence-corrected chi connectivity index (χ3v) is 2.59. The van der Waals surface area contributed by atoms with Gasteiger partial charge in [-0.1, -0.05) is 0 Å². The van der Waals surface area contributed by atoms with Gasteiger partial charge in [0.15, 0.2) is 5.78 Å². The van der Waals surface area contributed by atoms with Gasteiger partial charge in [-0.3, -0.25) is 14.1 Å². The second kappa shape index (κ2) is 3.63. The van der Waals surface area contributed by atoms with Gasteiger partial charge in [-0.2, -0.15) is 0 Å². The average molecular weight is 218 g/mol. The monoisotopic (exact) mass is 218 g/mol. The highest BCUT2D eigenvalue weighted by Gasteiger charge is 2.13. The Labute approximate surface area is 93.1 Å². The molecule has 16 heavy (non-hydrogen) atoms. The largest absolute Gasteiger partial charge is 0.294 e. The third kappa shape index (κ3) is 1.46. The topological polar surface area (TPSA) is 43.5 Å². The predicted molar refractivity (Wildman–Crippen MR) is 62.0 cm³/mol. The highest BCUT2D eigenvalue weighted by molar-refractivity contribution is 5.94. The molecule has 4 heteroatoms. The van der Waals surface area contributed by atoms with E-state index in [1.54, 1.807) is 15.3 Å². The lowest BCUT2D eigenvalue weighted by atomic mass is 10.2. The fourth-order valence-electron chi connectivity index (χ4n) is 1.86. The van der Waals surface area contributed by atoms with Crippen LogP contribution in [0.3, 0.4) is 0 Å². The molecule has 0 amide bonds. The van der Waals surface area contributed by atoms with Crippen LogP contribution in [0, 0.1) is 0 Å². The molecule has 2 aromatic heterocycles. The Bertz CT molecular complexity index is 605. The van der Waals surface area contributed by atoms with Crippen molar-refractivity contribution in [1.82, 2.24) is 9.20 Å². The van der Waals surface area contributed by atoms with E-state index in [0.717, 1.165) is 5.52 Å². The first-order valence-electron chi connectivity index (χ1n) is 5.26. The molecule has 0 unspecified atom stereocenters. The smallest absolute Gasteiger partial charge is 0.276 e. The van der Waals surface area contributed by atoms with E-state index >= 15 is 0 Å². The lowest BCUT2D eigenvalue weighted by Crippen LogP contribution is -2.31. The Hall–Kier alpha value is -1.84. The van der Waals surface area contributed by atoms with Crippen molar-refractivity contribution in [1.29, 1.82) is 0 Å². The molecule has 2 aromatic rings. The van der Waals surface area contributed by atoms with Crippen LogP contribution >= 0.6 is 0 Å². The number of rotatable bonds is 2. The van der Waals surface area contributed by atoms with Crippen LogP contribution in [0.4, 0.5) is 0 Å². The van der Waals surface area contributed by atoms with Crippen LogP contribution in [0.1, 0.15) is 37.2 Å². The van der Waals surface area contributed by atoms with Crippen LogP contribution in [-0.4, -0.2) is 15.0 Å². The molecule has 4 nitrogen and oxygen atoms in total. The van der Waals surface area contributed by atoms with Crippen molar-refractivity contribution in [3.05, 3.63) is 40.3 Å². The maximum absolute atomic E-state index is 12.1. The van der Waals surface area contributed by atoms with Crippen LogP contribution in [0.5, 0.6) is 0 Å². The number of ketones is 1. The van der Waals surface area contributed by atoms with E-state index in [4.69, 9.17) is 0 Å². The summed E-state index contributed by atoms with van der Waals surface area (Å²) in [5, 5.41) is 0. The first-order valence-corrected chi connectivity index (χ1v) is 5.26. The maximum Gasteiger partial charge on any atom is 0.276 e. The van der Waals surface area contributed by atoms with Crippen molar-refractivity contribution in [3.63, 3.8) is 0 Å². The molecule has 0 fully saturated rings. The van der Waals surface area contributed by atoms with Gasteiger partial charge in [0.1, 0.15) is 0 Å². The van der Waals surface area contributed by atoms with Gasteiger partial charge >= 0.3 is 0 Å². The molecule has 0 saturated heterocycles. The van der Waals surface area contributed by atoms with Gasteiger partial charge in [0, 0.05) is 12.2 Å². The van der Waals surface area contributed by atoms with Crippen molar-refractivity contribution in [2.75, 3.05) is 0 Å². The zero-order valence-corrected chi connectivity index (χ0v) is 9.60. The first-order chi connectivity index (χ1) is 7.52. The molecule has 0 bridgehead atoms. The second-order valence-corrected chi connectivity index (χ2v) is 4.14. The SMILES string of the molecule is CC(=O)c1cc2cccn2n(C(C)C)c1=O. The number of fused-ring (bicyclic) bond motifs is 1. The van der Waals surface area contributed by atoms with E-state index in [1.807, 2.05) is 32.2 Å². The number of Topliss-reactive ketones (excluding diaryl/α,β-unsaturated/α-hetero) is 1. The van der Waals surface area contributed by atoms with E-state index < -0.39 is 0 Å². The van der Waals surface area contributed by atoms with Gasteiger partial charge in [-0.05, 0) is 39.0 Å². The number of aromatic nitrogens is 2. The normalized spacial score (nSPS) is 11.2. The Morgan fingerprint density at radius 2 is 2.06 bits per heavy atom. The molecular formula is C12H14N2O2. The molecule has 0 N–H and O–H groups in total. The number of carbonyl (C=O) groups excluding carboxylic acids is 1. The Morgan fingerprint density at radius 3 is 2.62 bits per heavy atom. The minimum atomic E-state index is -0.230. The Balaban J connectivity index is 2.92. The van der Waals surface area contributed by atoms with Crippen molar-refractivity contribution < 1.29 is 4.79 Å². The molecule has 2 rings (SSSR count). The molecule has 2 heterocycles. The number of nitrogens with zero attached hydrogens (tertiary/aromatic N) is 2. The van der Waals surface area contributed by atoms with E-state index in [2.05, 4.69) is 0 Å². The molecule has 0 radical (unpaired) electrons. The van der Waals surface area contributed by atoms with Crippen LogP contribution < -0.4 is 5.56 Å². The van der Waals surface area contributed by atoms with Crippen LogP contribution in [0.2, 0.25) is 0 Å². The van der Waals surface area contributed by atoms with Crippen molar-refractivity contribution in [3.8, 4) is 0 Å². The van der Waals surface area contributed by atoms with Gasteiger partial charge in [-0.15, -0.1) is 0 Å². The predicted octanol–water partition coefficient (Wildman–Crippen LogP) is 1.88. The van der Waals surface area contributed by atoms with Gasteiger partial charge in [0.25, 0.3) is 5.56 Å². The standard InChI is InChI=1S/C12H14N2O2/c1-8(2)14-12(16)11(9(3)15)7-10-5-4-6-13(10)14/h4-8H,1-3H3. The lowest BCUT2D eigenvalue weighted by Gasteiger charge is -2.14. The molecular weight excluding hydrogens is 204 g/mol. The summed E-state index contributed by atoms with van der Waals surface area (Å²) in [7, 11) is 0. The third-order valence-electron chi connectivity index (χ3n) is 2.59. The molecule has 84 valence electrons. The van der Waals surface area contributed by atoms with E-state index in [0.29, 0.717) is 0 Å². The zero-order valence-electron chi connectivity index (χ0n) is 9.60. The second-order valence-electron chi connectivity index (χ2n) is 4.14. The minimum Gasteiger partial charge on any atom is -0.294 e. The summed E-state index contributed by atoms with van der Waals surface area (Å²) >= 11 is 0. The first kappa shape index (κ1) is 10.7. The molecule has 0 aliphatic carbocycles.